The molecular weight excluding hydrogens is 256 g/mol. The number of hydrogen-bond acceptors (Lipinski definition) is 3. The number of benzene rings is 1. The smallest absolute Gasteiger partial charge is 0.410 e. The highest BCUT2D eigenvalue weighted by Gasteiger charge is 2.33. The molecule has 1 fully saturated rings. The van der Waals surface area contributed by atoms with E-state index in [1.807, 2.05) is 30.3 Å². The number of nitrogens with zero attached hydrogens (tertiary/aromatic N) is 4. The Hall–Kier alpha value is -2.20. The van der Waals surface area contributed by atoms with Crippen molar-refractivity contribution in [3.05, 3.63) is 46.3 Å². The maximum absolute atomic E-state index is 12.1. The summed E-state index contributed by atoms with van der Waals surface area (Å²) in [5.74, 6) is 0.401. The van der Waals surface area contributed by atoms with Crippen molar-refractivity contribution >= 4 is 6.09 Å². The van der Waals surface area contributed by atoms with Gasteiger partial charge in [-0.05, 0) is 23.4 Å². The van der Waals surface area contributed by atoms with Gasteiger partial charge in [0.25, 0.3) is 0 Å². The van der Waals surface area contributed by atoms with E-state index in [-0.39, 0.29) is 18.7 Å². The van der Waals surface area contributed by atoms with E-state index in [2.05, 4.69) is 16.9 Å². The zero-order valence-corrected chi connectivity index (χ0v) is 11.5. The minimum absolute atomic E-state index is 0.0517. The molecule has 0 radical (unpaired) electrons. The van der Waals surface area contributed by atoms with Crippen LogP contribution in [-0.4, -0.2) is 30.1 Å². The maximum Gasteiger partial charge on any atom is 0.410 e. The third-order valence-electron chi connectivity index (χ3n) is 3.42. The van der Waals surface area contributed by atoms with E-state index >= 15 is 0 Å². The van der Waals surface area contributed by atoms with Crippen LogP contribution < -0.4 is 0 Å². The van der Waals surface area contributed by atoms with Gasteiger partial charge in [-0.1, -0.05) is 42.4 Å². The molecule has 0 N–H and O–H groups in total. The predicted molar refractivity (Wildman–Crippen MR) is 74.9 cm³/mol. The monoisotopic (exact) mass is 274 g/mol. The van der Waals surface area contributed by atoms with Crippen LogP contribution in [0.25, 0.3) is 10.4 Å². The summed E-state index contributed by atoms with van der Waals surface area (Å²) in [6.45, 7) is 3.30. The molecule has 0 spiro atoms. The standard InChI is InChI=1S/C14H18N4O2/c1-11-7-13(8-16-17-15)18(9-11)14(19)20-10-12-5-3-2-4-6-12/h2-6,11,13H,7-10H2,1H3/t11-,13-/m0/s1. The minimum atomic E-state index is -0.337. The number of ether oxygens (including phenoxy) is 1. The highest BCUT2D eigenvalue weighted by atomic mass is 16.6. The molecule has 6 heteroatoms. The van der Waals surface area contributed by atoms with Crippen LogP contribution >= 0.6 is 0 Å². The fourth-order valence-corrected chi connectivity index (χ4v) is 2.48. The molecular formula is C14H18N4O2. The van der Waals surface area contributed by atoms with Crippen LogP contribution in [0.15, 0.2) is 35.4 Å². The molecule has 1 aliphatic rings. The average Bonchev–Trinajstić information content (AvgIpc) is 2.84. The van der Waals surface area contributed by atoms with Gasteiger partial charge in [0, 0.05) is 24.0 Å². The lowest BCUT2D eigenvalue weighted by Gasteiger charge is -2.22. The first-order valence-electron chi connectivity index (χ1n) is 6.69. The molecule has 20 heavy (non-hydrogen) atoms. The van der Waals surface area contributed by atoms with Crippen molar-refractivity contribution in [2.75, 3.05) is 13.1 Å². The molecule has 0 unspecified atom stereocenters. The molecule has 0 bridgehead atoms. The van der Waals surface area contributed by atoms with Crippen LogP contribution in [0.3, 0.4) is 0 Å². The summed E-state index contributed by atoms with van der Waals surface area (Å²) in [4.78, 5) is 16.5. The van der Waals surface area contributed by atoms with Gasteiger partial charge in [-0.25, -0.2) is 4.79 Å². The molecule has 0 aromatic heterocycles. The quantitative estimate of drug-likeness (QED) is 0.479. The summed E-state index contributed by atoms with van der Waals surface area (Å²) >= 11 is 0. The zero-order valence-electron chi connectivity index (χ0n) is 11.5. The molecule has 1 aromatic carbocycles. The third kappa shape index (κ3) is 3.65. The highest BCUT2D eigenvalue weighted by molar-refractivity contribution is 5.68. The lowest BCUT2D eigenvalue weighted by molar-refractivity contribution is 0.0924. The number of carbonyl (C=O) groups excluding carboxylic acids is 1. The lowest BCUT2D eigenvalue weighted by Crippen LogP contribution is -2.37. The Bertz CT molecular complexity index is 499. The van der Waals surface area contributed by atoms with E-state index in [0.717, 1.165) is 12.0 Å². The summed E-state index contributed by atoms with van der Waals surface area (Å²) in [6, 6.07) is 9.51. The van der Waals surface area contributed by atoms with Gasteiger partial charge in [-0.2, -0.15) is 0 Å². The van der Waals surface area contributed by atoms with Crippen LogP contribution in [0.2, 0.25) is 0 Å². The molecule has 0 saturated carbocycles. The summed E-state index contributed by atoms with van der Waals surface area (Å²) in [6.07, 6.45) is 0.510. The van der Waals surface area contributed by atoms with Crippen molar-refractivity contribution in [3.63, 3.8) is 0 Å². The van der Waals surface area contributed by atoms with Crippen LogP contribution in [0, 0.1) is 5.92 Å². The van der Waals surface area contributed by atoms with Gasteiger partial charge in [0.2, 0.25) is 0 Å². The number of likely N-dealkylation sites (tertiary alicyclic amines) is 1. The van der Waals surface area contributed by atoms with Gasteiger partial charge in [-0.3, -0.25) is 0 Å². The number of rotatable bonds is 4. The van der Waals surface area contributed by atoms with Gasteiger partial charge >= 0.3 is 6.09 Å². The summed E-state index contributed by atoms with van der Waals surface area (Å²) in [7, 11) is 0. The topological polar surface area (TPSA) is 78.3 Å². The Morgan fingerprint density at radius 1 is 1.50 bits per heavy atom. The second kappa shape index (κ2) is 6.82. The zero-order chi connectivity index (χ0) is 14.4. The Morgan fingerprint density at radius 3 is 2.95 bits per heavy atom. The molecule has 1 aliphatic heterocycles. The van der Waals surface area contributed by atoms with Crippen LogP contribution in [0.1, 0.15) is 18.9 Å². The first-order chi connectivity index (χ1) is 9.70. The molecule has 1 amide bonds. The third-order valence-corrected chi connectivity index (χ3v) is 3.42. The Kier molecular flexibility index (Phi) is 4.85. The Morgan fingerprint density at radius 2 is 2.25 bits per heavy atom. The fraction of sp³-hybridized carbons (Fsp3) is 0.500. The van der Waals surface area contributed by atoms with E-state index in [0.29, 0.717) is 19.0 Å². The second-order valence-corrected chi connectivity index (χ2v) is 5.10. The number of azide groups is 1. The molecule has 1 aromatic rings. The van der Waals surface area contributed by atoms with Gasteiger partial charge in [0.15, 0.2) is 0 Å². The number of amides is 1. The van der Waals surface area contributed by atoms with E-state index < -0.39 is 0 Å². The van der Waals surface area contributed by atoms with Crippen molar-refractivity contribution in [1.82, 2.24) is 4.90 Å². The van der Waals surface area contributed by atoms with Crippen molar-refractivity contribution in [1.29, 1.82) is 0 Å². The van der Waals surface area contributed by atoms with Crippen LogP contribution in [0.4, 0.5) is 4.79 Å². The van der Waals surface area contributed by atoms with Gasteiger partial charge in [0.05, 0.1) is 0 Å². The number of carbonyl (C=O) groups is 1. The van der Waals surface area contributed by atoms with Gasteiger partial charge in [0.1, 0.15) is 6.61 Å². The van der Waals surface area contributed by atoms with Crippen molar-refractivity contribution < 1.29 is 9.53 Å². The van der Waals surface area contributed by atoms with Crippen molar-refractivity contribution in [3.8, 4) is 0 Å². The lowest BCUT2D eigenvalue weighted by atomic mass is 10.1. The molecule has 6 nitrogen and oxygen atoms in total. The second-order valence-electron chi connectivity index (χ2n) is 5.10. The van der Waals surface area contributed by atoms with Gasteiger partial charge in [-0.15, -0.1) is 0 Å². The molecule has 1 saturated heterocycles. The van der Waals surface area contributed by atoms with Gasteiger partial charge < -0.3 is 9.64 Å². The largest absolute Gasteiger partial charge is 0.445 e. The number of hydrogen-bond donors (Lipinski definition) is 0. The van der Waals surface area contributed by atoms with E-state index in [9.17, 15) is 4.79 Å². The normalized spacial score (nSPS) is 21.4. The fourth-order valence-electron chi connectivity index (χ4n) is 2.48. The first-order valence-corrected chi connectivity index (χ1v) is 6.69. The van der Waals surface area contributed by atoms with Crippen LogP contribution in [-0.2, 0) is 11.3 Å². The minimum Gasteiger partial charge on any atom is -0.445 e. The Balaban J connectivity index is 1.91. The van der Waals surface area contributed by atoms with E-state index in [4.69, 9.17) is 10.3 Å². The molecule has 106 valence electrons. The summed E-state index contributed by atoms with van der Waals surface area (Å²) in [5, 5.41) is 3.57. The highest BCUT2D eigenvalue weighted by Crippen LogP contribution is 2.24. The SMILES string of the molecule is C[C@H]1C[C@@H](CN=[N+]=[N-])N(C(=O)OCc2ccccc2)C1. The van der Waals surface area contributed by atoms with Crippen molar-refractivity contribution in [2.45, 2.75) is 26.0 Å². The predicted octanol–water partition coefficient (Wildman–Crippen LogP) is 3.34. The summed E-state index contributed by atoms with van der Waals surface area (Å²) in [5.41, 5.74) is 9.35. The average molecular weight is 274 g/mol. The van der Waals surface area contributed by atoms with E-state index in [1.165, 1.54) is 0 Å². The first kappa shape index (κ1) is 14.2. The molecule has 2 rings (SSSR count). The van der Waals surface area contributed by atoms with Crippen LogP contribution in [0.5, 0.6) is 0 Å². The summed E-state index contributed by atoms with van der Waals surface area (Å²) < 4.78 is 5.32. The maximum atomic E-state index is 12.1. The Labute approximate surface area is 118 Å². The van der Waals surface area contributed by atoms with E-state index in [1.54, 1.807) is 4.90 Å². The van der Waals surface area contributed by atoms with Crippen molar-refractivity contribution in [2.24, 2.45) is 11.0 Å². The molecule has 2 atom stereocenters. The molecule has 0 aliphatic carbocycles. The molecule has 1 heterocycles.